The second kappa shape index (κ2) is 2.89. The van der Waals surface area contributed by atoms with Gasteiger partial charge in [-0.05, 0) is 0 Å². The molecule has 0 saturated heterocycles. The number of hydrogen-bond acceptors (Lipinski definition) is 1. The number of benzene rings is 1. The van der Waals surface area contributed by atoms with Crippen LogP contribution in [0.25, 0.3) is 8.79 Å². The van der Waals surface area contributed by atoms with E-state index in [1.54, 1.807) is 7.11 Å². The second-order valence-electron chi connectivity index (χ2n) is 2.32. The molecule has 2 heteroatoms. The number of ether oxygens (including phenoxy) is 1. The molecule has 1 aromatic heterocycles. The van der Waals surface area contributed by atoms with Crippen molar-refractivity contribution in [2.75, 3.05) is 7.11 Å². The van der Waals surface area contributed by atoms with Crippen LogP contribution in [0, 0.1) is 0 Å². The quantitative estimate of drug-likeness (QED) is 0.711. The van der Waals surface area contributed by atoms with Gasteiger partial charge in [-0.3, -0.25) is 0 Å². The number of rotatable bonds is 1. The van der Waals surface area contributed by atoms with Gasteiger partial charge in [-0.25, -0.2) is 0 Å². The Morgan fingerprint density at radius 2 is 2.18 bits per heavy atom. The fourth-order valence-corrected chi connectivity index (χ4v) is 3.27. The van der Waals surface area contributed by atoms with Crippen molar-refractivity contribution in [1.82, 2.24) is 0 Å². The average molecular weight is 260 g/mol. The third kappa shape index (κ3) is 1.29. The molecule has 56 valence electrons. The van der Waals surface area contributed by atoms with E-state index in [4.69, 9.17) is 4.74 Å². The molecule has 0 atom stereocenters. The van der Waals surface area contributed by atoms with Crippen molar-refractivity contribution in [2.45, 2.75) is 0 Å². The zero-order valence-corrected chi connectivity index (χ0v) is 8.53. The summed E-state index contributed by atoms with van der Waals surface area (Å²) >= 11 is 0.00459. The first-order valence-electron chi connectivity index (χ1n) is 3.41. The predicted molar refractivity (Wildman–Crippen MR) is 47.4 cm³/mol. The van der Waals surface area contributed by atoms with Crippen LogP contribution in [0.5, 0.6) is 5.75 Å². The van der Waals surface area contributed by atoms with E-state index in [1.165, 1.54) is 8.79 Å². The van der Waals surface area contributed by atoms with E-state index in [0.717, 1.165) is 5.75 Å². The van der Waals surface area contributed by atoms with Crippen molar-refractivity contribution in [3.8, 4) is 5.75 Å². The molecular formula is C9H8OTe. The molecule has 0 aliphatic heterocycles. The molecule has 0 N–H and O–H groups in total. The summed E-state index contributed by atoms with van der Waals surface area (Å²) in [7, 11) is 1.71. The van der Waals surface area contributed by atoms with E-state index in [-0.39, 0.29) is 20.4 Å². The molecule has 11 heavy (non-hydrogen) atoms. The second-order valence-corrected chi connectivity index (χ2v) is 5.03. The van der Waals surface area contributed by atoms with E-state index in [0.29, 0.717) is 0 Å². The number of fused-ring (bicyclic) bond motifs is 1. The Morgan fingerprint density at radius 3 is 3.00 bits per heavy atom. The van der Waals surface area contributed by atoms with Crippen molar-refractivity contribution < 1.29 is 4.74 Å². The third-order valence-electron chi connectivity index (χ3n) is 1.66. The van der Waals surface area contributed by atoms with Crippen LogP contribution < -0.4 is 4.74 Å². The fraction of sp³-hybridized carbons (Fsp3) is 0.111. The Bertz CT molecular complexity index is 364. The summed E-state index contributed by atoms with van der Waals surface area (Å²) in [5, 5.41) is 1.35. The number of hydrogen-bond donors (Lipinski definition) is 0. The first-order valence-corrected chi connectivity index (χ1v) is 5.92. The topological polar surface area (TPSA) is 9.23 Å². The standard InChI is InChI=1S/C9H8OTe/c1-10-8-2-3-9-7(6-8)4-5-11-9/h2-6H,1H3. The van der Waals surface area contributed by atoms with E-state index in [2.05, 4.69) is 22.3 Å². The molecule has 0 aliphatic carbocycles. The molecule has 0 bridgehead atoms. The Morgan fingerprint density at radius 1 is 1.27 bits per heavy atom. The maximum atomic E-state index is 5.12. The Kier molecular flexibility index (Phi) is 1.89. The fourth-order valence-electron chi connectivity index (χ4n) is 1.07. The summed E-state index contributed by atoms with van der Waals surface area (Å²) in [6.45, 7) is 0. The summed E-state index contributed by atoms with van der Waals surface area (Å²) in [6.07, 6.45) is 0. The van der Waals surface area contributed by atoms with Gasteiger partial charge in [0.25, 0.3) is 0 Å². The van der Waals surface area contributed by atoms with E-state index >= 15 is 0 Å². The first kappa shape index (κ1) is 7.21. The van der Waals surface area contributed by atoms with Gasteiger partial charge in [-0.1, -0.05) is 0 Å². The zero-order valence-electron chi connectivity index (χ0n) is 6.20. The monoisotopic (exact) mass is 262 g/mol. The van der Waals surface area contributed by atoms with E-state index in [9.17, 15) is 0 Å². The van der Waals surface area contributed by atoms with Crippen LogP contribution in [0.3, 0.4) is 0 Å². The van der Waals surface area contributed by atoms with Crippen molar-refractivity contribution in [3.63, 3.8) is 0 Å². The molecule has 0 spiro atoms. The Hall–Kier alpha value is -0.450. The molecular weight excluding hydrogens is 252 g/mol. The van der Waals surface area contributed by atoms with Crippen molar-refractivity contribution in [1.29, 1.82) is 0 Å². The molecule has 0 radical (unpaired) electrons. The van der Waals surface area contributed by atoms with Crippen molar-refractivity contribution in [3.05, 3.63) is 28.3 Å². The Labute approximate surface area is 75.2 Å². The predicted octanol–water partition coefficient (Wildman–Crippen LogP) is 1.91. The van der Waals surface area contributed by atoms with Gasteiger partial charge < -0.3 is 0 Å². The SMILES string of the molecule is COc1ccc2[te]ccc2c1. The van der Waals surface area contributed by atoms with Crippen LogP contribution in [0.2, 0.25) is 0 Å². The molecule has 1 aromatic carbocycles. The van der Waals surface area contributed by atoms with Gasteiger partial charge in [0.2, 0.25) is 0 Å². The summed E-state index contributed by atoms with van der Waals surface area (Å²) < 4.78 is 8.94. The van der Waals surface area contributed by atoms with Crippen LogP contribution in [-0.4, -0.2) is 27.5 Å². The molecule has 2 aromatic rings. The van der Waals surface area contributed by atoms with Crippen molar-refractivity contribution in [2.24, 2.45) is 0 Å². The summed E-state index contributed by atoms with van der Waals surface area (Å²) in [6, 6.07) is 8.51. The minimum absolute atomic E-state index is 0.00459. The molecule has 2 rings (SSSR count). The normalized spacial score (nSPS) is 10.3. The van der Waals surface area contributed by atoms with Gasteiger partial charge in [0.15, 0.2) is 0 Å². The summed E-state index contributed by atoms with van der Waals surface area (Å²) in [5.74, 6) is 0.961. The van der Waals surface area contributed by atoms with Crippen molar-refractivity contribution >= 4 is 29.2 Å². The van der Waals surface area contributed by atoms with Crippen LogP contribution >= 0.6 is 0 Å². The van der Waals surface area contributed by atoms with Gasteiger partial charge in [0.05, 0.1) is 0 Å². The molecule has 0 aliphatic rings. The first-order chi connectivity index (χ1) is 5.40. The van der Waals surface area contributed by atoms with Crippen LogP contribution in [0.15, 0.2) is 28.3 Å². The molecule has 0 fully saturated rings. The van der Waals surface area contributed by atoms with E-state index < -0.39 is 0 Å². The maximum absolute atomic E-state index is 5.12. The van der Waals surface area contributed by atoms with Crippen LogP contribution in [-0.2, 0) is 0 Å². The molecule has 0 amide bonds. The van der Waals surface area contributed by atoms with Gasteiger partial charge in [0.1, 0.15) is 0 Å². The third-order valence-corrected chi connectivity index (χ3v) is 4.22. The molecule has 0 unspecified atom stereocenters. The molecule has 1 heterocycles. The van der Waals surface area contributed by atoms with Gasteiger partial charge in [-0.2, -0.15) is 0 Å². The van der Waals surface area contributed by atoms with Gasteiger partial charge >= 0.3 is 75.2 Å². The summed E-state index contributed by atoms with van der Waals surface area (Å²) in [5.41, 5.74) is 0. The summed E-state index contributed by atoms with van der Waals surface area (Å²) in [4.78, 5) is 0. The zero-order chi connectivity index (χ0) is 7.68. The minimum atomic E-state index is 0.00459. The van der Waals surface area contributed by atoms with Crippen LogP contribution in [0.1, 0.15) is 0 Å². The van der Waals surface area contributed by atoms with Gasteiger partial charge in [0, 0.05) is 0 Å². The number of methoxy groups -OCH3 is 1. The molecule has 1 nitrogen and oxygen atoms in total. The van der Waals surface area contributed by atoms with Crippen LogP contribution in [0.4, 0.5) is 0 Å². The molecule has 0 saturated carbocycles. The average Bonchev–Trinajstić information content (AvgIpc) is 2.50. The Balaban J connectivity index is 2.67. The van der Waals surface area contributed by atoms with Gasteiger partial charge in [-0.15, -0.1) is 0 Å². The van der Waals surface area contributed by atoms with E-state index in [1.807, 2.05) is 6.07 Å².